The Hall–Kier alpha value is -2.29. The molecule has 0 spiro atoms. The lowest BCUT2D eigenvalue weighted by Crippen LogP contribution is -2.52. The van der Waals surface area contributed by atoms with Gasteiger partial charge in [-0.2, -0.15) is 0 Å². The number of anilines is 1. The molecule has 2 aromatic heterocycles. The van der Waals surface area contributed by atoms with Gasteiger partial charge in [0, 0.05) is 19.3 Å². The minimum Gasteiger partial charge on any atom is -0.465 e. The Balaban J connectivity index is 1.99. The average Bonchev–Trinajstić information content (AvgIpc) is 2.95. The van der Waals surface area contributed by atoms with Crippen LogP contribution in [0.15, 0.2) is 29.1 Å². The Bertz CT molecular complexity index is 861. The predicted molar refractivity (Wildman–Crippen MR) is 104 cm³/mol. The zero-order valence-electron chi connectivity index (χ0n) is 15.6. The second-order valence-electron chi connectivity index (χ2n) is 7.57. The first-order chi connectivity index (χ1) is 12.7. The van der Waals surface area contributed by atoms with Gasteiger partial charge in [-0.25, -0.2) is 14.6 Å². The Morgan fingerprint density at radius 2 is 2.11 bits per heavy atom. The van der Waals surface area contributed by atoms with Crippen molar-refractivity contribution in [1.82, 2.24) is 14.3 Å². The lowest BCUT2D eigenvalue weighted by molar-refractivity contribution is 0.0541. The molecule has 2 amide bonds. The van der Waals surface area contributed by atoms with Crippen LogP contribution in [0.5, 0.6) is 0 Å². The summed E-state index contributed by atoms with van der Waals surface area (Å²) >= 11 is 3.44. The van der Waals surface area contributed by atoms with Crippen molar-refractivity contribution in [1.29, 1.82) is 0 Å². The average molecular weight is 439 g/mol. The first-order valence-corrected chi connectivity index (χ1v) is 9.58. The number of carbonyl (C=O) groups is 2. The number of carbonyl (C=O) groups excluding carboxylic acids is 1. The molecule has 146 valence electrons. The number of rotatable bonds is 2. The molecule has 3 heterocycles. The molecule has 1 N–H and O–H groups in total. The highest BCUT2D eigenvalue weighted by atomic mass is 79.9. The van der Waals surface area contributed by atoms with E-state index in [0.29, 0.717) is 25.1 Å². The first-order valence-electron chi connectivity index (χ1n) is 8.78. The van der Waals surface area contributed by atoms with Crippen LogP contribution in [0.25, 0.3) is 5.65 Å². The molecular formula is C18H23BrN4O4. The molecule has 0 aliphatic carbocycles. The number of nitrogens with zero attached hydrogens (tertiary/aromatic N) is 4. The predicted octanol–water partition coefficient (Wildman–Crippen LogP) is 3.98. The fraction of sp³-hybridized carbons (Fsp3) is 0.500. The summed E-state index contributed by atoms with van der Waals surface area (Å²) in [7, 11) is 0. The number of ether oxygens (including phenoxy) is 1. The number of pyridine rings is 1. The van der Waals surface area contributed by atoms with Gasteiger partial charge in [0.15, 0.2) is 0 Å². The van der Waals surface area contributed by atoms with Crippen molar-refractivity contribution in [2.24, 2.45) is 0 Å². The highest BCUT2D eigenvalue weighted by Crippen LogP contribution is 2.27. The summed E-state index contributed by atoms with van der Waals surface area (Å²) in [5.41, 5.74) is 0.717. The van der Waals surface area contributed by atoms with Crippen molar-refractivity contribution in [3.63, 3.8) is 0 Å². The van der Waals surface area contributed by atoms with E-state index in [1.54, 1.807) is 23.4 Å². The van der Waals surface area contributed by atoms with Gasteiger partial charge in [-0.05, 0) is 61.7 Å². The number of carboxylic acid groups (broad SMARTS) is 1. The minimum atomic E-state index is -0.975. The van der Waals surface area contributed by atoms with Crippen LogP contribution < -0.4 is 4.90 Å². The van der Waals surface area contributed by atoms with Gasteiger partial charge in [-0.3, -0.25) is 9.30 Å². The number of amides is 2. The van der Waals surface area contributed by atoms with Crippen molar-refractivity contribution >= 4 is 39.5 Å². The molecule has 3 rings (SSSR count). The summed E-state index contributed by atoms with van der Waals surface area (Å²) in [4.78, 5) is 31.6. The fourth-order valence-electron chi connectivity index (χ4n) is 3.20. The van der Waals surface area contributed by atoms with Crippen LogP contribution >= 0.6 is 15.9 Å². The third-order valence-electron chi connectivity index (χ3n) is 4.35. The lowest BCUT2D eigenvalue weighted by Gasteiger charge is -2.38. The van der Waals surface area contributed by atoms with E-state index in [0.717, 1.165) is 10.3 Å². The Labute approximate surface area is 165 Å². The van der Waals surface area contributed by atoms with Gasteiger partial charge in [0.1, 0.15) is 15.9 Å². The van der Waals surface area contributed by atoms with Crippen molar-refractivity contribution in [2.75, 3.05) is 18.0 Å². The Kier molecular flexibility index (Phi) is 5.32. The summed E-state index contributed by atoms with van der Waals surface area (Å²) in [5, 5.41) is 9.36. The number of halogens is 1. The standard InChI is InChI=1S/C18H23BrN4O4/c1-18(2,3)27-17(26)23(12-5-4-8-21(10-12)16(24)25)13-6-7-15-20-9-14(19)22(15)11-13/h6-7,9,11-12H,4-5,8,10H2,1-3H3,(H,24,25)/t12-/m1/s1. The van der Waals surface area contributed by atoms with E-state index in [1.807, 2.05) is 31.2 Å². The monoisotopic (exact) mass is 438 g/mol. The summed E-state index contributed by atoms with van der Waals surface area (Å²) in [5.74, 6) is 0. The third kappa shape index (κ3) is 4.35. The number of fused-ring (bicyclic) bond motifs is 1. The van der Waals surface area contributed by atoms with Crippen LogP contribution in [-0.2, 0) is 4.74 Å². The first kappa shape index (κ1) is 19.5. The maximum Gasteiger partial charge on any atom is 0.415 e. The van der Waals surface area contributed by atoms with E-state index in [4.69, 9.17) is 4.74 Å². The maximum atomic E-state index is 13.0. The quantitative estimate of drug-likeness (QED) is 0.765. The van der Waals surface area contributed by atoms with Crippen LogP contribution in [0.4, 0.5) is 15.3 Å². The number of hydrogen-bond donors (Lipinski definition) is 1. The summed E-state index contributed by atoms with van der Waals surface area (Å²) in [6.45, 7) is 6.15. The molecule has 8 nitrogen and oxygen atoms in total. The van der Waals surface area contributed by atoms with E-state index in [9.17, 15) is 14.7 Å². The molecule has 2 aromatic rings. The van der Waals surface area contributed by atoms with Crippen molar-refractivity contribution in [3.05, 3.63) is 29.1 Å². The van der Waals surface area contributed by atoms with Crippen molar-refractivity contribution in [2.45, 2.75) is 45.3 Å². The molecule has 9 heteroatoms. The smallest absolute Gasteiger partial charge is 0.415 e. The number of hydrogen-bond acceptors (Lipinski definition) is 4. The van der Waals surface area contributed by atoms with Gasteiger partial charge in [-0.15, -0.1) is 0 Å². The lowest BCUT2D eigenvalue weighted by atomic mass is 10.0. The van der Waals surface area contributed by atoms with E-state index >= 15 is 0 Å². The molecule has 0 bridgehead atoms. The molecule has 1 atom stereocenters. The molecule has 1 saturated heterocycles. The van der Waals surface area contributed by atoms with E-state index in [-0.39, 0.29) is 12.6 Å². The highest BCUT2D eigenvalue weighted by Gasteiger charge is 2.34. The van der Waals surface area contributed by atoms with E-state index < -0.39 is 17.8 Å². The number of aromatic nitrogens is 2. The molecule has 1 aliphatic rings. The molecule has 1 fully saturated rings. The van der Waals surface area contributed by atoms with E-state index in [2.05, 4.69) is 20.9 Å². The van der Waals surface area contributed by atoms with Gasteiger partial charge in [0.05, 0.1) is 17.9 Å². The Morgan fingerprint density at radius 3 is 2.78 bits per heavy atom. The van der Waals surface area contributed by atoms with Crippen LogP contribution in [0.1, 0.15) is 33.6 Å². The molecule has 1 aliphatic heterocycles. The van der Waals surface area contributed by atoms with E-state index in [1.165, 1.54) is 4.90 Å². The summed E-state index contributed by atoms with van der Waals surface area (Å²) in [6.07, 6.45) is 3.41. The molecule has 0 unspecified atom stereocenters. The second kappa shape index (κ2) is 7.38. The molecule has 0 radical (unpaired) electrons. The third-order valence-corrected chi connectivity index (χ3v) is 4.93. The topological polar surface area (TPSA) is 87.4 Å². The molecule has 27 heavy (non-hydrogen) atoms. The number of likely N-dealkylation sites (tertiary alicyclic amines) is 1. The van der Waals surface area contributed by atoms with Gasteiger partial charge in [-0.1, -0.05) is 0 Å². The minimum absolute atomic E-state index is 0.248. The number of imidazole rings is 1. The SMILES string of the molecule is CC(C)(C)OC(=O)N(c1ccc2ncc(Br)n2c1)[C@@H]1CCCN(C(=O)O)C1. The summed E-state index contributed by atoms with van der Waals surface area (Å²) < 4.78 is 8.20. The molecular weight excluding hydrogens is 416 g/mol. The normalized spacial score (nSPS) is 17.8. The zero-order valence-corrected chi connectivity index (χ0v) is 17.1. The highest BCUT2D eigenvalue weighted by molar-refractivity contribution is 9.10. The van der Waals surface area contributed by atoms with Crippen LogP contribution in [0.2, 0.25) is 0 Å². The Morgan fingerprint density at radius 1 is 1.37 bits per heavy atom. The maximum absolute atomic E-state index is 13.0. The van der Waals surface area contributed by atoms with Gasteiger partial charge >= 0.3 is 12.2 Å². The summed E-state index contributed by atoms with van der Waals surface area (Å²) in [6, 6.07) is 3.32. The second-order valence-corrected chi connectivity index (χ2v) is 8.38. The van der Waals surface area contributed by atoms with Gasteiger partial charge in [0.25, 0.3) is 0 Å². The van der Waals surface area contributed by atoms with Crippen LogP contribution in [0.3, 0.4) is 0 Å². The van der Waals surface area contributed by atoms with Crippen molar-refractivity contribution in [3.8, 4) is 0 Å². The number of piperidine rings is 1. The fourth-order valence-corrected chi connectivity index (χ4v) is 3.58. The van der Waals surface area contributed by atoms with Gasteiger partial charge in [0.2, 0.25) is 0 Å². The molecule has 0 saturated carbocycles. The van der Waals surface area contributed by atoms with Gasteiger partial charge < -0.3 is 14.7 Å². The van der Waals surface area contributed by atoms with Crippen LogP contribution in [0, 0.1) is 0 Å². The van der Waals surface area contributed by atoms with Crippen LogP contribution in [-0.4, -0.2) is 56.3 Å². The molecule has 0 aromatic carbocycles. The van der Waals surface area contributed by atoms with Crippen molar-refractivity contribution < 1.29 is 19.4 Å². The largest absolute Gasteiger partial charge is 0.465 e. The zero-order chi connectivity index (χ0) is 19.8.